The van der Waals surface area contributed by atoms with Gasteiger partial charge in [-0.05, 0) is 18.2 Å². The molecule has 1 aromatic carbocycles. The van der Waals surface area contributed by atoms with Gasteiger partial charge in [-0.2, -0.15) is 0 Å². The van der Waals surface area contributed by atoms with E-state index in [1.807, 2.05) is 0 Å². The van der Waals surface area contributed by atoms with E-state index in [9.17, 15) is 4.39 Å². The van der Waals surface area contributed by atoms with Crippen molar-refractivity contribution in [3.63, 3.8) is 0 Å². The van der Waals surface area contributed by atoms with Crippen LogP contribution in [0.2, 0.25) is 5.02 Å². The summed E-state index contributed by atoms with van der Waals surface area (Å²) in [6.07, 6.45) is 2.00. The number of rotatable bonds is 5. The SMILES string of the molecule is C=C(ON(N)c1cc(Cl)ccc1N)/C(C(=N)N)=C1/N=CC(F)=CN1. The van der Waals surface area contributed by atoms with Gasteiger partial charge in [0, 0.05) is 11.2 Å². The van der Waals surface area contributed by atoms with Crippen molar-refractivity contribution >= 4 is 35.0 Å². The molecule has 0 radical (unpaired) electrons. The van der Waals surface area contributed by atoms with Crippen molar-refractivity contribution in [3.05, 3.63) is 59.0 Å². The molecule has 1 aromatic rings. The van der Waals surface area contributed by atoms with Crippen molar-refractivity contribution in [2.24, 2.45) is 16.6 Å². The number of nitrogens with zero attached hydrogens (tertiary/aromatic N) is 2. The Morgan fingerprint density at radius 3 is 2.75 bits per heavy atom. The second-order valence-corrected chi connectivity index (χ2v) is 5.05. The number of benzene rings is 1. The zero-order valence-corrected chi connectivity index (χ0v) is 13.1. The van der Waals surface area contributed by atoms with Gasteiger partial charge in [0.15, 0.2) is 11.6 Å². The topological polar surface area (TPSA) is 139 Å². The number of nitrogens with one attached hydrogen (secondary N) is 2. The molecular formula is C14H15ClFN7O. The third-order valence-electron chi connectivity index (χ3n) is 2.89. The second kappa shape index (κ2) is 7.02. The molecule has 0 unspecified atom stereocenters. The van der Waals surface area contributed by atoms with E-state index >= 15 is 0 Å². The molecule has 1 aliphatic heterocycles. The number of nitrogens with two attached hydrogens (primary N) is 3. The van der Waals surface area contributed by atoms with Gasteiger partial charge in [0.05, 0.1) is 11.9 Å². The first-order valence-corrected chi connectivity index (χ1v) is 6.89. The lowest BCUT2D eigenvalue weighted by Gasteiger charge is -2.23. The number of aliphatic imine (C=N–C) groups is 1. The van der Waals surface area contributed by atoms with Crippen LogP contribution in [0, 0.1) is 5.41 Å². The van der Waals surface area contributed by atoms with E-state index in [-0.39, 0.29) is 22.8 Å². The van der Waals surface area contributed by atoms with Gasteiger partial charge >= 0.3 is 0 Å². The average molecular weight is 352 g/mol. The minimum Gasteiger partial charge on any atom is -0.397 e. The van der Waals surface area contributed by atoms with E-state index in [0.29, 0.717) is 10.7 Å². The molecule has 0 atom stereocenters. The van der Waals surface area contributed by atoms with Gasteiger partial charge in [-0.15, -0.1) is 5.17 Å². The van der Waals surface area contributed by atoms with E-state index < -0.39 is 11.7 Å². The maximum atomic E-state index is 13.0. The van der Waals surface area contributed by atoms with Crippen molar-refractivity contribution in [2.75, 3.05) is 10.9 Å². The van der Waals surface area contributed by atoms with E-state index in [4.69, 9.17) is 39.2 Å². The van der Waals surface area contributed by atoms with E-state index in [1.54, 1.807) is 12.1 Å². The Morgan fingerprint density at radius 1 is 1.46 bits per heavy atom. The predicted molar refractivity (Wildman–Crippen MR) is 92.5 cm³/mol. The third-order valence-corrected chi connectivity index (χ3v) is 3.12. The van der Waals surface area contributed by atoms with Crippen LogP contribution in [0.5, 0.6) is 0 Å². The Kier molecular flexibility index (Phi) is 5.07. The normalized spacial score (nSPS) is 15.2. The minimum absolute atomic E-state index is 0.00560. The lowest BCUT2D eigenvalue weighted by Crippen LogP contribution is -2.33. The summed E-state index contributed by atoms with van der Waals surface area (Å²) < 4.78 is 13.0. The molecule has 0 saturated heterocycles. The van der Waals surface area contributed by atoms with Crippen LogP contribution in [0.1, 0.15) is 0 Å². The van der Waals surface area contributed by atoms with Crippen LogP contribution >= 0.6 is 11.6 Å². The molecule has 8 N–H and O–H groups in total. The molecule has 0 fully saturated rings. The molecule has 0 aromatic heterocycles. The fraction of sp³-hybridized carbons (Fsp3) is 0. The van der Waals surface area contributed by atoms with E-state index in [1.165, 1.54) is 6.07 Å². The number of hydrazine groups is 1. The molecular weight excluding hydrogens is 337 g/mol. The Bertz CT molecular complexity index is 787. The zero-order valence-electron chi connectivity index (χ0n) is 12.4. The van der Waals surface area contributed by atoms with Crippen LogP contribution in [0.25, 0.3) is 0 Å². The highest BCUT2D eigenvalue weighted by Crippen LogP contribution is 2.27. The molecule has 0 aliphatic carbocycles. The number of halogens is 2. The standard InChI is InChI=1S/C14H15ClFN7O/c1-7(12(13(18)19)14-21-5-9(16)6-22-14)24-23(20)11-4-8(15)2-3-10(11)17/h2-6,21H,1,17,20H2,(H3,18,19)/b14-12-. The number of amidine groups is 1. The third kappa shape index (κ3) is 3.83. The quantitative estimate of drug-likeness (QED) is 0.137. The van der Waals surface area contributed by atoms with Gasteiger partial charge in [0.1, 0.15) is 22.9 Å². The predicted octanol–water partition coefficient (Wildman–Crippen LogP) is 1.68. The maximum absolute atomic E-state index is 13.0. The molecule has 1 aliphatic rings. The summed E-state index contributed by atoms with van der Waals surface area (Å²) in [6, 6.07) is 4.63. The molecule has 24 heavy (non-hydrogen) atoms. The molecule has 0 saturated carbocycles. The fourth-order valence-corrected chi connectivity index (χ4v) is 1.97. The van der Waals surface area contributed by atoms with Gasteiger partial charge in [-0.3, -0.25) is 5.41 Å². The van der Waals surface area contributed by atoms with Crippen LogP contribution in [0.15, 0.2) is 59.0 Å². The van der Waals surface area contributed by atoms with Crippen LogP contribution in [0.4, 0.5) is 15.8 Å². The highest BCUT2D eigenvalue weighted by atomic mass is 35.5. The Balaban J connectivity index is 2.26. The summed E-state index contributed by atoms with van der Waals surface area (Å²) in [5.74, 6) is 4.81. The first kappa shape index (κ1) is 17.3. The van der Waals surface area contributed by atoms with Crippen molar-refractivity contribution < 1.29 is 9.23 Å². The van der Waals surface area contributed by atoms with Gasteiger partial charge < -0.3 is 21.6 Å². The summed E-state index contributed by atoms with van der Waals surface area (Å²) in [5.41, 5.74) is 11.9. The Labute approximate surface area is 142 Å². The van der Waals surface area contributed by atoms with Crippen LogP contribution in [0.3, 0.4) is 0 Å². The first-order chi connectivity index (χ1) is 11.3. The molecule has 0 spiro atoms. The second-order valence-electron chi connectivity index (χ2n) is 4.61. The zero-order chi connectivity index (χ0) is 17.9. The Morgan fingerprint density at radius 2 is 2.17 bits per heavy atom. The van der Waals surface area contributed by atoms with Gasteiger partial charge in [-0.25, -0.2) is 15.2 Å². The molecule has 8 nitrogen and oxygen atoms in total. The summed E-state index contributed by atoms with van der Waals surface area (Å²) in [7, 11) is 0. The van der Waals surface area contributed by atoms with Crippen LogP contribution in [-0.4, -0.2) is 12.1 Å². The van der Waals surface area contributed by atoms with Gasteiger partial charge in [0.25, 0.3) is 0 Å². The van der Waals surface area contributed by atoms with Crippen molar-refractivity contribution in [1.82, 2.24) is 5.32 Å². The van der Waals surface area contributed by atoms with Crippen LogP contribution in [-0.2, 0) is 4.84 Å². The maximum Gasteiger partial charge on any atom is 0.164 e. The van der Waals surface area contributed by atoms with Crippen molar-refractivity contribution in [2.45, 2.75) is 0 Å². The van der Waals surface area contributed by atoms with Crippen LogP contribution < -0.4 is 27.8 Å². The first-order valence-electron chi connectivity index (χ1n) is 6.51. The largest absolute Gasteiger partial charge is 0.397 e. The summed E-state index contributed by atoms with van der Waals surface area (Å²) in [4.78, 5) is 9.14. The van der Waals surface area contributed by atoms with E-state index in [2.05, 4.69) is 16.9 Å². The molecule has 0 bridgehead atoms. The summed E-state index contributed by atoms with van der Waals surface area (Å²) in [5, 5.41) is 11.4. The molecule has 2 rings (SSSR count). The number of anilines is 2. The van der Waals surface area contributed by atoms with E-state index in [0.717, 1.165) is 17.6 Å². The highest BCUT2D eigenvalue weighted by Gasteiger charge is 2.19. The number of allylic oxidation sites excluding steroid dienone is 1. The summed E-state index contributed by atoms with van der Waals surface area (Å²) >= 11 is 5.90. The minimum atomic E-state index is -0.583. The molecule has 126 valence electrons. The monoisotopic (exact) mass is 351 g/mol. The molecule has 1 heterocycles. The van der Waals surface area contributed by atoms with Crippen molar-refractivity contribution in [3.8, 4) is 0 Å². The number of hydrogen-bond acceptors (Lipinski definition) is 7. The fourth-order valence-electron chi connectivity index (χ4n) is 1.81. The lowest BCUT2D eigenvalue weighted by atomic mass is 10.2. The van der Waals surface area contributed by atoms with Crippen molar-refractivity contribution in [1.29, 1.82) is 5.41 Å². The average Bonchev–Trinajstić information content (AvgIpc) is 2.51. The number of nitrogen functional groups attached to an aromatic ring is 1. The van der Waals surface area contributed by atoms with Gasteiger partial charge in [-0.1, -0.05) is 18.2 Å². The van der Waals surface area contributed by atoms with Gasteiger partial charge in [0.2, 0.25) is 0 Å². The molecule has 0 amide bonds. The highest BCUT2D eigenvalue weighted by molar-refractivity contribution is 6.31. The lowest BCUT2D eigenvalue weighted by molar-refractivity contribution is 0.192. The molecule has 10 heteroatoms. The summed E-state index contributed by atoms with van der Waals surface area (Å²) in [6.45, 7) is 3.66. The smallest absolute Gasteiger partial charge is 0.164 e. The Hall–Kier alpha value is -3.04. The number of hydrogen-bond donors (Lipinski definition) is 5.